The van der Waals surface area contributed by atoms with Crippen molar-refractivity contribution in [1.82, 2.24) is 20.1 Å². The highest BCUT2D eigenvalue weighted by Crippen LogP contribution is 2.32. The molecule has 2 amide bonds. The van der Waals surface area contributed by atoms with Gasteiger partial charge in [0.15, 0.2) is 5.82 Å². The molecule has 1 fully saturated rings. The molecule has 9 nitrogen and oxygen atoms in total. The van der Waals surface area contributed by atoms with E-state index in [-0.39, 0.29) is 42.3 Å². The van der Waals surface area contributed by atoms with Crippen LogP contribution in [-0.4, -0.2) is 51.6 Å². The fraction of sp³-hybridized carbons (Fsp3) is 0.214. The number of hydrogen-bond acceptors (Lipinski definition) is 6. The summed E-state index contributed by atoms with van der Waals surface area (Å²) in [6.07, 6.45) is -1.39. The molecule has 1 atom stereocenters. The molecular weight excluding hydrogens is 527 g/mol. The third-order valence-corrected chi connectivity index (χ3v) is 6.43. The second kappa shape index (κ2) is 10.9. The van der Waals surface area contributed by atoms with Crippen LogP contribution >= 0.6 is 0 Å². The largest absolute Gasteiger partial charge is 0.416 e. The fourth-order valence-electron chi connectivity index (χ4n) is 4.52. The van der Waals surface area contributed by atoms with Crippen molar-refractivity contribution in [3.05, 3.63) is 102 Å². The minimum absolute atomic E-state index is 0.0943. The average molecular weight is 552 g/mol. The van der Waals surface area contributed by atoms with E-state index >= 15 is 0 Å². The summed E-state index contributed by atoms with van der Waals surface area (Å²) in [5.41, 5.74) is 6.28. The Bertz CT molecular complexity index is 1520. The van der Waals surface area contributed by atoms with Crippen molar-refractivity contribution in [3.8, 4) is 17.1 Å². The highest BCUT2D eigenvalue weighted by Gasteiger charge is 2.51. The summed E-state index contributed by atoms with van der Waals surface area (Å²) in [6, 6.07) is 17.5. The molecule has 3 N–H and O–H groups in total. The van der Waals surface area contributed by atoms with Crippen LogP contribution in [0.2, 0.25) is 0 Å². The van der Waals surface area contributed by atoms with Gasteiger partial charge in [0, 0.05) is 18.0 Å². The molecule has 206 valence electrons. The monoisotopic (exact) mass is 551 g/mol. The number of hydrogen-bond donors (Lipinski definition) is 2. The van der Waals surface area contributed by atoms with E-state index in [1.54, 1.807) is 6.07 Å². The highest BCUT2D eigenvalue weighted by atomic mass is 19.4. The van der Waals surface area contributed by atoms with Crippen LogP contribution in [0.5, 0.6) is 0 Å². The van der Waals surface area contributed by atoms with Crippen LogP contribution in [-0.2, 0) is 26.9 Å². The van der Waals surface area contributed by atoms with Gasteiger partial charge in [-0.05, 0) is 42.3 Å². The summed E-state index contributed by atoms with van der Waals surface area (Å²) in [4.78, 5) is 30.4. The zero-order valence-corrected chi connectivity index (χ0v) is 21.0. The SMILES string of the molecule is NC(=O)C1(C(Cc2ccccc2)NC(=O)c2cccnc2-n2ccc(-c3cccc(C(F)(F)F)c3)n2)OCCO1. The first-order valence-electron chi connectivity index (χ1n) is 12.3. The Morgan fingerprint density at radius 1 is 1.02 bits per heavy atom. The zero-order chi connectivity index (χ0) is 28.3. The summed E-state index contributed by atoms with van der Waals surface area (Å²) >= 11 is 0. The number of alkyl halides is 3. The van der Waals surface area contributed by atoms with Crippen molar-refractivity contribution in [2.45, 2.75) is 24.4 Å². The van der Waals surface area contributed by atoms with Gasteiger partial charge in [0.25, 0.3) is 17.6 Å². The van der Waals surface area contributed by atoms with E-state index in [0.29, 0.717) is 0 Å². The molecule has 0 saturated carbocycles. The Labute approximate surface area is 226 Å². The quantitative estimate of drug-likeness (QED) is 0.346. The Morgan fingerprint density at radius 2 is 1.77 bits per heavy atom. The van der Waals surface area contributed by atoms with Crippen LogP contribution in [0.1, 0.15) is 21.5 Å². The number of rotatable bonds is 8. The number of halogens is 3. The molecule has 2 aromatic carbocycles. The number of primary amides is 1. The van der Waals surface area contributed by atoms with Crippen molar-refractivity contribution < 1.29 is 32.2 Å². The number of carbonyl (C=O) groups excluding carboxylic acids is 2. The van der Waals surface area contributed by atoms with Crippen molar-refractivity contribution in [2.24, 2.45) is 5.73 Å². The second-order valence-corrected chi connectivity index (χ2v) is 9.04. The van der Waals surface area contributed by atoms with E-state index in [1.807, 2.05) is 30.3 Å². The van der Waals surface area contributed by atoms with Gasteiger partial charge < -0.3 is 20.5 Å². The van der Waals surface area contributed by atoms with Gasteiger partial charge >= 0.3 is 6.18 Å². The lowest BCUT2D eigenvalue weighted by atomic mass is 9.97. The lowest BCUT2D eigenvalue weighted by molar-refractivity contribution is -0.189. The van der Waals surface area contributed by atoms with Crippen LogP contribution in [0, 0.1) is 0 Å². The first-order chi connectivity index (χ1) is 19.2. The summed E-state index contributed by atoms with van der Waals surface area (Å²) in [5, 5.41) is 7.19. The molecule has 0 bridgehead atoms. The Hall–Kier alpha value is -4.55. The van der Waals surface area contributed by atoms with Gasteiger partial charge in [0.05, 0.1) is 36.1 Å². The molecule has 0 spiro atoms. The number of nitrogens with zero attached hydrogens (tertiary/aromatic N) is 3. The molecule has 0 aliphatic carbocycles. The van der Waals surface area contributed by atoms with Gasteiger partial charge in [-0.2, -0.15) is 18.3 Å². The van der Waals surface area contributed by atoms with Crippen molar-refractivity contribution in [2.75, 3.05) is 13.2 Å². The molecular formula is C28H24F3N5O4. The smallest absolute Gasteiger partial charge is 0.365 e. The van der Waals surface area contributed by atoms with Gasteiger partial charge in [-0.1, -0.05) is 42.5 Å². The number of nitrogens with two attached hydrogens (primary N) is 1. The van der Waals surface area contributed by atoms with Gasteiger partial charge in [0.2, 0.25) is 0 Å². The van der Waals surface area contributed by atoms with E-state index in [0.717, 1.165) is 17.7 Å². The summed E-state index contributed by atoms with van der Waals surface area (Å²) in [5.74, 6) is -3.25. The maximum absolute atomic E-state index is 13.6. The van der Waals surface area contributed by atoms with Crippen LogP contribution in [0.3, 0.4) is 0 Å². The summed E-state index contributed by atoms with van der Waals surface area (Å²) in [6.45, 7) is 0.238. The number of ether oxygens (including phenoxy) is 2. The van der Waals surface area contributed by atoms with E-state index in [2.05, 4.69) is 15.4 Å². The highest BCUT2D eigenvalue weighted by molar-refractivity contribution is 5.98. The number of pyridine rings is 1. The lowest BCUT2D eigenvalue weighted by Gasteiger charge is -2.33. The Kier molecular flexibility index (Phi) is 7.37. The third kappa shape index (κ3) is 5.44. The third-order valence-electron chi connectivity index (χ3n) is 6.43. The van der Waals surface area contributed by atoms with Crippen LogP contribution < -0.4 is 11.1 Å². The minimum Gasteiger partial charge on any atom is -0.365 e. The van der Waals surface area contributed by atoms with E-state index < -0.39 is 35.4 Å². The molecule has 4 aromatic rings. The zero-order valence-electron chi connectivity index (χ0n) is 21.0. The minimum atomic E-state index is -4.50. The van der Waals surface area contributed by atoms with Crippen molar-refractivity contribution in [1.29, 1.82) is 0 Å². The number of aromatic nitrogens is 3. The molecule has 1 aliphatic rings. The van der Waals surface area contributed by atoms with Gasteiger partial charge in [-0.25, -0.2) is 9.67 Å². The summed E-state index contributed by atoms with van der Waals surface area (Å²) in [7, 11) is 0. The number of benzene rings is 2. The topological polar surface area (TPSA) is 121 Å². The Morgan fingerprint density at radius 3 is 2.48 bits per heavy atom. The van der Waals surface area contributed by atoms with E-state index in [4.69, 9.17) is 15.2 Å². The van der Waals surface area contributed by atoms with Crippen LogP contribution in [0.4, 0.5) is 13.2 Å². The predicted molar refractivity (Wildman–Crippen MR) is 137 cm³/mol. The number of nitrogens with one attached hydrogen (secondary N) is 1. The molecule has 3 heterocycles. The molecule has 40 heavy (non-hydrogen) atoms. The number of amides is 2. The van der Waals surface area contributed by atoms with Gasteiger partial charge in [-0.15, -0.1) is 0 Å². The molecule has 5 rings (SSSR count). The second-order valence-electron chi connectivity index (χ2n) is 9.04. The summed E-state index contributed by atoms with van der Waals surface area (Å²) < 4.78 is 52.2. The maximum Gasteiger partial charge on any atom is 0.416 e. The van der Waals surface area contributed by atoms with Crippen LogP contribution in [0.15, 0.2) is 85.2 Å². The molecule has 2 aromatic heterocycles. The molecule has 0 radical (unpaired) electrons. The lowest BCUT2D eigenvalue weighted by Crippen LogP contribution is -2.61. The molecule has 1 aliphatic heterocycles. The van der Waals surface area contributed by atoms with Gasteiger partial charge in [-0.3, -0.25) is 9.59 Å². The first-order valence-corrected chi connectivity index (χ1v) is 12.3. The van der Waals surface area contributed by atoms with Gasteiger partial charge in [0.1, 0.15) is 0 Å². The maximum atomic E-state index is 13.6. The average Bonchev–Trinajstić information content (AvgIpc) is 3.64. The first kappa shape index (κ1) is 27.0. The standard InChI is InChI=1S/C28H24F3N5O4/c29-28(30,31)20-9-4-8-19(17-20)22-11-13-36(35-22)24-21(10-5-12-33-24)25(37)34-23(16-18-6-2-1-3-7-18)27(26(32)38)39-14-15-40-27/h1-13,17,23H,14-16H2,(H2,32,38)(H,34,37). The van der Waals surface area contributed by atoms with Crippen LogP contribution in [0.25, 0.3) is 17.1 Å². The normalized spacial score (nSPS) is 15.5. The fourth-order valence-corrected chi connectivity index (χ4v) is 4.52. The van der Waals surface area contributed by atoms with E-state index in [9.17, 15) is 22.8 Å². The van der Waals surface area contributed by atoms with E-state index in [1.165, 1.54) is 41.3 Å². The van der Waals surface area contributed by atoms with Crippen molar-refractivity contribution in [3.63, 3.8) is 0 Å². The Balaban J connectivity index is 1.46. The molecule has 1 unspecified atom stereocenters. The van der Waals surface area contributed by atoms with Crippen molar-refractivity contribution >= 4 is 11.8 Å². The molecule has 1 saturated heterocycles. The predicted octanol–water partition coefficient (Wildman–Crippen LogP) is 3.52. The molecule has 12 heteroatoms. The number of carbonyl (C=O) groups is 2.